The fourth-order valence-corrected chi connectivity index (χ4v) is 3.64. The number of carbonyl (C=O) groups excluding carboxylic acids is 1. The molecule has 1 fully saturated rings. The summed E-state index contributed by atoms with van der Waals surface area (Å²) in [6, 6.07) is 6.92. The molecule has 6 nitrogen and oxygen atoms in total. The molecule has 1 unspecified atom stereocenters. The van der Waals surface area contributed by atoms with Crippen LogP contribution >= 0.6 is 11.3 Å². The number of hydrogen-bond donors (Lipinski definition) is 1. The summed E-state index contributed by atoms with van der Waals surface area (Å²) in [5.74, 6) is -0.377. The van der Waals surface area contributed by atoms with Crippen LogP contribution in [-0.2, 0) is 20.8 Å². The highest BCUT2D eigenvalue weighted by Crippen LogP contribution is 2.22. The predicted octanol–water partition coefficient (Wildman–Crippen LogP) is 3.18. The van der Waals surface area contributed by atoms with Crippen molar-refractivity contribution < 1.29 is 14.2 Å². The standard InChI is InChI=1S/C17H19N3O3S2/c1-25(22)14-8-6-12(7-9-14)15(20-23-13-4-2-3-5-13)16(21)19-17-18-10-11-24-17/h6-11,13H,2-5H2,1H3,(H,18,19,21)/b20-15+. The lowest BCUT2D eigenvalue weighted by atomic mass is 10.1. The van der Waals surface area contributed by atoms with Crippen LogP contribution in [0.25, 0.3) is 0 Å². The summed E-state index contributed by atoms with van der Waals surface area (Å²) in [5, 5.41) is 9.16. The van der Waals surface area contributed by atoms with Crippen molar-refractivity contribution in [2.45, 2.75) is 36.7 Å². The molecule has 25 heavy (non-hydrogen) atoms. The van der Waals surface area contributed by atoms with Gasteiger partial charge in [0.1, 0.15) is 12.4 Å². The fraction of sp³-hybridized carbons (Fsp3) is 0.353. The smallest absolute Gasteiger partial charge is 0.280 e. The number of nitrogens with zero attached hydrogens (tertiary/aromatic N) is 2. The Hall–Kier alpha value is -1.90. The maximum Gasteiger partial charge on any atom is 0.280 e. The molecule has 1 atom stereocenters. The Bertz CT molecular complexity index is 724. The Morgan fingerprint density at radius 1 is 1.36 bits per heavy atom. The van der Waals surface area contributed by atoms with E-state index in [2.05, 4.69) is 15.5 Å². The first-order valence-electron chi connectivity index (χ1n) is 8.02. The van der Waals surface area contributed by atoms with E-state index in [4.69, 9.17) is 4.84 Å². The van der Waals surface area contributed by atoms with Crippen molar-refractivity contribution in [3.05, 3.63) is 41.4 Å². The molecular weight excluding hydrogens is 358 g/mol. The summed E-state index contributed by atoms with van der Waals surface area (Å²) < 4.78 is 11.5. The van der Waals surface area contributed by atoms with Gasteiger partial charge in [-0.3, -0.25) is 10.1 Å². The number of amides is 1. The van der Waals surface area contributed by atoms with Gasteiger partial charge in [0.2, 0.25) is 0 Å². The second-order valence-electron chi connectivity index (χ2n) is 5.72. The van der Waals surface area contributed by atoms with E-state index in [9.17, 15) is 9.35 Å². The van der Waals surface area contributed by atoms with E-state index in [1.165, 1.54) is 11.3 Å². The number of nitrogens with one attached hydrogen (secondary N) is 1. The van der Waals surface area contributed by atoms with Gasteiger partial charge in [-0.05, 0) is 61.1 Å². The molecule has 1 heterocycles. The summed E-state index contributed by atoms with van der Waals surface area (Å²) in [7, 11) is 0. The van der Waals surface area contributed by atoms with Gasteiger partial charge in [-0.1, -0.05) is 5.16 Å². The van der Waals surface area contributed by atoms with Crippen LogP contribution in [0.15, 0.2) is 45.9 Å². The number of aromatic nitrogens is 1. The van der Waals surface area contributed by atoms with Crippen LogP contribution in [0.4, 0.5) is 5.13 Å². The first-order chi connectivity index (χ1) is 12.1. The molecule has 1 aromatic carbocycles. The summed E-state index contributed by atoms with van der Waals surface area (Å²) in [5.41, 5.74) is 0.803. The summed E-state index contributed by atoms with van der Waals surface area (Å²) >= 11 is 0.262. The maximum atomic E-state index is 12.6. The molecule has 3 rings (SSSR count). The second-order valence-corrected chi connectivity index (χ2v) is 8.00. The third-order valence-corrected chi connectivity index (χ3v) is 5.55. The average molecular weight is 377 g/mol. The van der Waals surface area contributed by atoms with Gasteiger partial charge in [-0.25, -0.2) is 4.98 Å². The minimum Gasteiger partial charge on any atom is -0.612 e. The Labute approximate surface area is 153 Å². The minimum absolute atomic E-state index is 0.0603. The van der Waals surface area contributed by atoms with E-state index in [1.807, 2.05) is 0 Å². The molecule has 1 N–H and O–H groups in total. The molecule has 1 amide bonds. The van der Waals surface area contributed by atoms with Gasteiger partial charge in [0.25, 0.3) is 5.91 Å². The molecule has 0 saturated heterocycles. The second kappa shape index (κ2) is 8.46. The van der Waals surface area contributed by atoms with Gasteiger partial charge in [-0.2, -0.15) is 0 Å². The van der Waals surface area contributed by atoms with Crippen molar-refractivity contribution in [3.8, 4) is 0 Å². The van der Waals surface area contributed by atoms with Crippen molar-refractivity contribution in [2.75, 3.05) is 11.6 Å². The van der Waals surface area contributed by atoms with E-state index in [0.29, 0.717) is 15.6 Å². The van der Waals surface area contributed by atoms with Crippen molar-refractivity contribution in [3.63, 3.8) is 0 Å². The van der Waals surface area contributed by atoms with Crippen LogP contribution in [0, 0.1) is 0 Å². The fourth-order valence-electron chi connectivity index (χ4n) is 2.59. The van der Waals surface area contributed by atoms with Crippen molar-refractivity contribution in [1.29, 1.82) is 0 Å². The zero-order valence-electron chi connectivity index (χ0n) is 13.8. The summed E-state index contributed by atoms with van der Waals surface area (Å²) in [4.78, 5) is 23.0. The first-order valence-corrected chi connectivity index (χ1v) is 10.5. The molecule has 0 spiro atoms. The number of rotatable bonds is 6. The van der Waals surface area contributed by atoms with E-state index < -0.39 is 11.2 Å². The summed E-state index contributed by atoms with van der Waals surface area (Å²) in [6.45, 7) is 0. The SMILES string of the molecule is C[S+]([O-])c1ccc(/C(=N\OC2CCCC2)C(=O)Nc2nccs2)cc1. The highest BCUT2D eigenvalue weighted by molar-refractivity contribution is 7.90. The molecule has 0 radical (unpaired) electrons. The maximum absolute atomic E-state index is 12.6. The number of benzene rings is 1. The van der Waals surface area contributed by atoms with Crippen molar-refractivity contribution in [2.24, 2.45) is 5.16 Å². The predicted molar refractivity (Wildman–Crippen MR) is 99.4 cm³/mol. The summed E-state index contributed by atoms with van der Waals surface area (Å²) in [6.07, 6.45) is 7.46. The van der Waals surface area contributed by atoms with Gasteiger partial charge < -0.3 is 9.39 Å². The number of carbonyl (C=O) groups is 1. The molecule has 0 aliphatic heterocycles. The Morgan fingerprint density at radius 3 is 2.68 bits per heavy atom. The molecular formula is C17H19N3O3S2. The Kier molecular flexibility index (Phi) is 6.06. The zero-order chi connectivity index (χ0) is 17.6. The highest BCUT2D eigenvalue weighted by Gasteiger charge is 2.20. The quantitative estimate of drug-likeness (QED) is 0.476. The van der Waals surface area contributed by atoms with Crippen LogP contribution in [0.3, 0.4) is 0 Å². The molecule has 1 saturated carbocycles. The molecule has 132 valence electrons. The molecule has 0 bridgehead atoms. The topological polar surface area (TPSA) is 86.6 Å². The third-order valence-electron chi connectivity index (χ3n) is 3.92. The molecule has 1 aliphatic carbocycles. The highest BCUT2D eigenvalue weighted by atomic mass is 32.2. The lowest BCUT2D eigenvalue weighted by molar-refractivity contribution is -0.110. The van der Waals surface area contributed by atoms with Crippen LogP contribution in [-0.4, -0.2) is 33.5 Å². The zero-order valence-corrected chi connectivity index (χ0v) is 15.4. The van der Waals surface area contributed by atoms with Crippen LogP contribution in [0.1, 0.15) is 31.2 Å². The van der Waals surface area contributed by atoms with E-state index >= 15 is 0 Å². The van der Waals surface area contributed by atoms with E-state index in [-0.39, 0.29) is 17.7 Å². The third kappa shape index (κ3) is 4.81. The van der Waals surface area contributed by atoms with Crippen LogP contribution in [0.2, 0.25) is 0 Å². The van der Waals surface area contributed by atoms with Crippen LogP contribution < -0.4 is 5.32 Å². The number of hydrogen-bond acceptors (Lipinski definition) is 6. The lowest BCUT2D eigenvalue weighted by Gasteiger charge is -2.11. The lowest BCUT2D eigenvalue weighted by Crippen LogP contribution is -2.25. The minimum atomic E-state index is -1.07. The number of thiazole rings is 1. The normalized spacial score (nSPS) is 16.6. The monoisotopic (exact) mass is 377 g/mol. The number of anilines is 1. The van der Waals surface area contributed by atoms with E-state index in [0.717, 1.165) is 25.7 Å². The van der Waals surface area contributed by atoms with Gasteiger partial charge >= 0.3 is 0 Å². The van der Waals surface area contributed by atoms with Gasteiger partial charge in [-0.15, -0.1) is 11.3 Å². The van der Waals surface area contributed by atoms with Gasteiger partial charge in [0.05, 0.1) is 0 Å². The molecule has 1 aliphatic rings. The van der Waals surface area contributed by atoms with Gasteiger partial charge in [0, 0.05) is 17.1 Å². The van der Waals surface area contributed by atoms with E-state index in [1.54, 1.807) is 42.1 Å². The average Bonchev–Trinajstić information content (AvgIpc) is 3.29. The Balaban J connectivity index is 1.81. The van der Waals surface area contributed by atoms with Crippen molar-refractivity contribution >= 4 is 39.3 Å². The molecule has 2 aromatic rings. The first kappa shape index (κ1) is 17.9. The Morgan fingerprint density at radius 2 is 2.08 bits per heavy atom. The molecule has 8 heteroatoms. The largest absolute Gasteiger partial charge is 0.612 e. The van der Waals surface area contributed by atoms with Crippen molar-refractivity contribution in [1.82, 2.24) is 4.98 Å². The van der Waals surface area contributed by atoms with Gasteiger partial charge in [0.15, 0.2) is 15.7 Å². The molecule has 1 aromatic heterocycles. The number of oxime groups is 1. The van der Waals surface area contributed by atoms with Crippen LogP contribution in [0.5, 0.6) is 0 Å².